The van der Waals surface area contributed by atoms with Crippen LogP contribution in [0.2, 0.25) is 0 Å². The van der Waals surface area contributed by atoms with Gasteiger partial charge < -0.3 is 10.2 Å². The molecular weight excluding hydrogens is 591 g/mol. The zero-order valence-electron chi connectivity index (χ0n) is 22.1. The Labute approximate surface area is 239 Å². The van der Waals surface area contributed by atoms with Crippen molar-refractivity contribution in [1.82, 2.24) is 24.5 Å². The predicted molar refractivity (Wildman–Crippen MR) is 137 cm³/mol. The summed E-state index contributed by atoms with van der Waals surface area (Å²) in [6.07, 6.45) is -2.39. The Balaban J connectivity index is 0.000000303. The van der Waals surface area contributed by atoms with E-state index in [9.17, 15) is 30.7 Å². The lowest BCUT2D eigenvalue weighted by atomic mass is 9.96. The first-order valence-electron chi connectivity index (χ1n) is 12.5. The Bertz CT molecular complexity index is 1500. The second-order valence-corrected chi connectivity index (χ2v) is 9.22. The molecule has 0 unspecified atom stereocenters. The topological polar surface area (TPSA) is 121 Å². The maximum Gasteiger partial charge on any atom is 0.490 e. The Morgan fingerprint density at radius 3 is 2.05 bits per heavy atom. The minimum absolute atomic E-state index is 0.236. The second-order valence-electron chi connectivity index (χ2n) is 9.22. The molecule has 0 atom stereocenters. The maximum atomic E-state index is 13.5. The van der Waals surface area contributed by atoms with E-state index < -0.39 is 24.3 Å². The molecule has 4 aromatic rings. The SMILES string of the molecule is Fc1cccc(-c2ccc3nc(C4CCN(Cc5cccnc5)CC4)nn3c2)c1.O=C(O)C(F)(F)F.O=C(O)C(F)(F)F. The first kappa shape index (κ1) is 32.9. The molecule has 2 N–H and O–H groups in total. The highest BCUT2D eigenvalue weighted by Gasteiger charge is 2.38. The summed E-state index contributed by atoms with van der Waals surface area (Å²) >= 11 is 0. The van der Waals surface area contributed by atoms with Crippen LogP contribution in [0, 0.1) is 5.82 Å². The fourth-order valence-corrected chi connectivity index (χ4v) is 4.01. The average molecular weight is 616 g/mol. The van der Waals surface area contributed by atoms with E-state index in [1.165, 1.54) is 17.7 Å². The zero-order valence-corrected chi connectivity index (χ0v) is 22.1. The number of aliphatic carboxylic acids is 2. The number of pyridine rings is 2. The van der Waals surface area contributed by atoms with Crippen LogP contribution in [0.4, 0.5) is 30.7 Å². The molecule has 0 radical (unpaired) electrons. The smallest absolute Gasteiger partial charge is 0.475 e. The first-order chi connectivity index (χ1) is 20.1. The van der Waals surface area contributed by atoms with Gasteiger partial charge in [0.1, 0.15) is 5.82 Å². The molecule has 16 heteroatoms. The number of rotatable bonds is 4. The van der Waals surface area contributed by atoms with Gasteiger partial charge in [-0.1, -0.05) is 18.2 Å². The van der Waals surface area contributed by atoms with Crippen molar-refractivity contribution < 1.29 is 50.5 Å². The van der Waals surface area contributed by atoms with Gasteiger partial charge in [0.2, 0.25) is 0 Å². The minimum atomic E-state index is -5.08. The van der Waals surface area contributed by atoms with Crippen LogP contribution in [-0.4, -0.2) is 72.1 Å². The molecule has 5 rings (SSSR count). The van der Waals surface area contributed by atoms with E-state index in [0.29, 0.717) is 5.92 Å². The molecule has 1 saturated heterocycles. The summed E-state index contributed by atoms with van der Waals surface area (Å²) in [6, 6.07) is 14.7. The number of fused-ring (bicyclic) bond motifs is 1. The van der Waals surface area contributed by atoms with E-state index in [-0.39, 0.29) is 5.82 Å². The van der Waals surface area contributed by atoms with Gasteiger partial charge in [0.15, 0.2) is 11.5 Å². The molecule has 9 nitrogen and oxygen atoms in total. The van der Waals surface area contributed by atoms with Crippen molar-refractivity contribution in [3.05, 3.63) is 84.3 Å². The number of likely N-dealkylation sites (tertiary alicyclic amines) is 1. The number of hydrogen-bond donors (Lipinski definition) is 2. The molecule has 43 heavy (non-hydrogen) atoms. The fraction of sp³-hybridized carbons (Fsp3) is 0.296. The third-order valence-electron chi connectivity index (χ3n) is 6.07. The van der Waals surface area contributed by atoms with Crippen LogP contribution in [0.1, 0.15) is 30.1 Å². The monoisotopic (exact) mass is 615 g/mol. The summed E-state index contributed by atoms with van der Waals surface area (Å²) < 4.78 is 78.8. The summed E-state index contributed by atoms with van der Waals surface area (Å²) in [6.45, 7) is 3.00. The zero-order chi connectivity index (χ0) is 31.8. The Kier molecular flexibility index (Phi) is 10.7. The van der Waals surface area contributed by atoms with Crippen molar-refractivity contribution in [2.75, 3.05) is 13.1 Å². The van der Waals surface area contributed by atoms with Gasteiger partial charge in [0.05, 0.1) is 0 Å². The number of hydrogen-bond acceptors (Lipinski definition) is 6. The van der Waals surface area contributed by atoms with E-state index in [4.69, 9.17) is 29.9 Å². The van der Waals surface area contributed by atoms with Crippen molar-refractivity contribution in [1.29, 1.82) is 0 Å². The summed E-state index contributed by atoms with van der Waals surface area (Å²) in [4.78, 5) is 29.2. The highest BCUT2D eigenvalue weighted by Crippen LogP contribution is 2.28. The third kappa shape index (κ3) is 10.0. The largest absolute Gasteiger partial charge is 0.490 e. The number of piperidine rings is 1. The highest BCUT2D eigenvalue weighted by molar-refractivity contribution is 5.73. The van der Waals surface area contributed by atoms with Gasteiger partial charge in [-0.15, -0.1) is 0 Å². The molecule has 0 spiro atoms. The van der Waals surface area contributed by atoms with E-state index in [1.807, 2.05) is 47.4 Å². The second kappa shape index (κ2) is 14.0. The summed E-state index contributed by atoms with van der Waals surface area (Å²) in [5, 5.41) is 19.0. The standard InChI is InChI=1S/C23H22FN5.2C2HF3O2/c24-21-5-1-4-19(13-21)20-6-7-22-26-23(27-29(22)16-20)18-8-11-28(12-9-18)15-17-3-2-10-25-14-17;2*3-2(4,5)1(6)7/h1-7,10,13-14,16,18H,8-9,11-12,15H2;2*(H,6,7). The van der Waals surface area contributed by atoms with Gasteiger partial charge in [0.25, 0.3) is 0 Å². The molecule has 4 heterocycles. The van der Waals surface area contributed by atoms with Crippen molar-refractivity contribution in [2.24, 2.45) is 0 Å². The van der Waals surface area contributed by atoms with Crippen LogP contribution in [0.25, 0.3) is 16.8 Å². The van der Waals surface area contributed by atoms with Gasteiger partial charge in [-0.25, -0.2) is 23.5 Å². The van der Waals surface area contributed by atoms with Gasteiger partial charge in [-0.05, 0) is 67.4 Å². The molecule has 1 aromatic carbocycles. The lowest BCUT2D eigenvalue weighted by Crippen LogP contribution is -2.32. The molecule has 1 aliphatic rings. The molecule has 0 saturated carbocycles. The highest BCUT2D eigenvalue weighted by atomic mass is 19.4. The number of nitrogens with zero attached hydrogens (tertiary/aromatic N) is 5. The maximum absolute atomic E-state index is 13.5. The van der Waals surface area contributed by atoms with E-state index in [2.05, 4.69) is 16.0 Å². The summed E-state index contributed by atoms with van der Waals surface area (Å²) in [5.74, 6) is -4.47. The number of alkyl halides is 6. The Morgan fingerprint density at radius 2 is 1.51 bits per heavy atom. The Morgan fingerprint density at radius 1 is 0.884 bits per heavy atom. The quantitative estimate of drug-likeness (QED) is 0.286. The van der Waals surface area contributed by atoms with E-state index in [1.54, 1.807) is 6.07 Å². The predicted octanol–water partition coefficient (Wildman–Crippen LogP) is 5.58. The van der Waals surface area contributed by atoms with Gasteiger partial charge in [0, 0.05) is 36.6 Å². The molecule has 0 aliphatic carbocycles. The molecule has 0 bridgehead atoms. The lowest BCUT2D eigenvalue weighted by Gasteiger charge is -2.30. The first-order valence-corrected chi connectivity index (χ1v) is 12.5. The van der Waals surface area contributed by atoms with Crippen molar-refractivity contribution in [3.63, 3.8) is 0 Å². The van der Waals surface area contributed by atoms with Crippen LogP contribution in [0.5, 0.6) is 0 Å². The fourth-order valence-electron chi connectivity index (χ4n) is 4.01. The number of carbonyl (C=O) groups is 2. The van der Waals surface area contributed by atoms with Gasteiger partial charge in [-0.2, -0.15) is 31.4 Å². The molecule has 0 amide bonds. The van der Waals surface area contributed by atoms with Crippen LogP contribution >= 0.6 is 0 Å². The van der Waals surface area contributed by atoms with Gasteiger partial charge >= 0.3 is 24.3 Å². The van der Waals surface area contributed by atoms with Crippen LogP contribution in [0.15, 0.2) is 67.1 Å². The number of aromatic nitrogens is 4. The van der Waals surface area contributed by atoms with E-state index >= 15 is 0 Å². The van der Waals surface area contributed by atoms with Crippen molar-refractivity contribution in [2.45, 2.75) is 37.7 Å². The van der Waals surface area contributed by atoms with Crippen molar-refractivity contribution >= 4 is 17.6 Å². The number of halogens is 7. The number of carboxylic acid groups (broad SMARTS) is 2. The minimum Gasteiger partial charge on any atom is -0.475 e. The molecular formula is C27H24F7N5O4. The summed E-state index contributed by atoms with van der Waals surface area (Å²) in [7, 11) is 0. The van der Waals surface area contributed by atoms with E-state index in [0.717, 1.165) is 55.1 Å². The summed E-state index contributed by atoms with van der Waals surface area (Å²) in [5.41, 5.74) is 3.85. The third-order valence-corrected chi connectivity index (χ3v) is 6.07. The van der Waals surface area contributed by atoms with Crippen LogP contribution < -0.4 is 0 Å². The molecule has 3 aromatic heterocycles. The number of benzene rings is 1. The number of carboxylic acids is 2. The Hall–Kier alpha value is -4.60. The average Bonchev–Trinajstić information content (AvgIpc) is 3.37. The molecule has 1 fully saturated rings. The molecule has 230 valence electrons. The lowest BCUT2D eigenvalue weighted by molar-refractivity contribution is -0.193. The van der Waals surface area contributed by atoms with Crippen LogP contribution in [0.3, 0.4) is 0 Å². The molecule has 1 aliphatic heterocycles. The van der Waals surface area contributed by atoms with Crippen LogP contribution in [-0.2, 0) is 16.1 Å². The normalized spacial score (nSPS) is 14.3. The van der Waals surface area contributed by atoms with Gasteiger partial charge in [-0.3, -0.25) is 9.88 Å². The van der Waals surface area contributed by atoms with Crippen molar-refractivity contribution in [3.8, 4) is 11.1 Å².